The lowest BCUT2D eigenvalue weighted by Gasteiger charge is -2.29. The van der Waals surface area contributed by atoms with Gasteiger partial charge in [0.15, 0.2) is 0 Å². The number of carbonyl (C=O) groups is 1. The Hall–Kier alpha value is -3.83. The van der Waals surface area contributed by atoms with Gasteiger partial charge in [-0.25, -0.2) is 5.06 Å². The fourth-order valence-corrected chi connectivity index (χ4v) is 5.27. The molecular weight excluding hydrogens is 726 g/mol. The number of benzene rings is 3. The number of aliphatic hydroxyl groups excluding tert-OH is 5. The molecule has 0 saturated heterocycles. The molecule has 14 nitrogen and oxygen atoms in total. The fraction of sp³-hybridized carbons (Fsp3) is 0.548. The quantitative estimate of drug-likeness (QED) is 0.0483. The van der Waals surface area contributed by atoms with E-state index in [0.717, 1.165) is 70.2 Å². The molecule has 3 rings (SSSR count). The number of unbranched alkanes of at least 4 members (excludes halogenated alkanes) is 2. The average Bonchev–Trinajstić information content (AvgIpc) is 3.21. The Morgan fingerprint density at radius 1 is 0.589 bits per heavy atom. The van der Waals surface area contributed by atoms with E-state index in [2.05, 4.69) is 38.1 Å². The summed E-state index contributed by atoms with van der Waals surface area (Å²) < 4.78 is 34.8. The maximum absolute atomic E-state index is 11.9. The molecule has 0 saturated carbocycles. The smallest absolute Gasteiger partial charge is 0.243 e. The Morgan fingerprint density at radius 2 is 1.07 bits per heavy atom. The lowest BCUT2D eigenvalue weighted by Crippen LogP contribution is -2.50. The van der Waals surface area contributed by atoms with E-state index in [4.69, 9.17) is 38.4 Å². The molecule has 4 atom stereocenters. The van der Waals surface area contributed by atoms with Gasteiger partial charge in [-0.3, -0.25) is 9.63 Å². The van der Waals surface area contributed by atoms with Gasteiger partial charge in [0.1, 0.15) is 48.3 Å². The van der Waals surface area contributed by atoms with Crippen LogP contribution in [0.5, 0.6) is 17.2 Å². The molecule has 3 aromatic rings. The van der Waals surface area contributed by atoms with Gasteiger partial charge in [0.2, 0.25) is 5.91 Å². The van der Waals surface area contributed by atoms with E-state index in [1.54, 1.807) is 0 Å². The van der Waals surface area contributed by atoms with Crippen LogP contribution >= 0.6 is 0 Å². The Bertz CT molecular complexity index is 1490. The largest absolute Gasteiger partial charge is 0.494 e. The minimum absolute atomic E-state index is 0.0307. The summed E-state index contributed by atoms with van der Waals surface area (Å²) in [7, 11) is 0. The van der Waals surface area contributed by atoms with Crippen LogP contribution in [0.2, 0.25) is 0 Å². The Kier molecular flexibility index (Phi) is 22.4. The second kappa shape index (κ2) is 26.9. The van der Waals surface area contributed by atoms with Gasteiger partial charge in [0, 0.05) is 12.5 Å². The van der Waals surface area contributed by atoms with Crippen molar-refractivity contribution in [1.29, 1.82) is 0 Å². The molecular formula is C42H61NO13. The molecule has 5 N–H and O–H groups in total. The monoisotopic (exact) mass is 787 g/mol. The van der Waals surface area contributed by atoms with Crippen LogP contribution in [-0.2, 0) is 23.8 Å². The number of carbonyl (C=O) groups excluding carboxylic acids is 1. The van der Waals surface area contributed by atoms with Gasteiger partial charge in [0.05, 0.1) is 72.6 Å². The van der Waals surface area contributed by atoms with Crippen LogP contribution in [0.25, 0.3) is 22.3 Å². The molecule has 1 amide bonds. The Balaban J connectivity index is 1.40. The third-order valence-corrected chi connectivity index (χ3v) is 8.60. The van der Waals surface area contributed by atoms with E-state index in [0.29, 0.717) is 46.2 Å². The van der Waals surface area contributed by atoms with Crippen molar-refractivity contribution in [3.8, 4) is 39.5 Å². The molecule has 0 radical (unpaired) electrons. The predicted octanol–water partition coefficient (Wildman–Crippen LogP) is 4.02. The molecule has 0 bridgehead atoms. The topological polar surface area (TPSA) is 186 Å². The molecule has 0 unspecified atom stereocenters. The van der Waals surface area contributed by atoms with Gasteiger partial charge in [-0.2, -0.15) is 0 Å². The summed E-state index contributed by atoms with van der Waals surface area (Å²) in [4.78, 5) is 17.2. The fourth-order valence-electron chi connectivity index (χ4n) is 5.27. The van der Waals surface area contributed by atoms with E-state index < -0.39 is 43.5 Å². The maximum atomic E-state index is 11.9. The normalized spacial score (nSPS) is 13.5. The number of hydrogen-bond donors (Lipinski definition) is 5. The van der Waals surface area contributed by atoms with Crippen LogP contribution in [0.15, 0.2) is 66.7 Å². The summed E-state index contributed by atoms with van der Waals surface area (Å²) in [5, 5.41) is 49.0. The van der Waals surface area contributed by atoms with Crippen LogP contribution < -0.4 is 14.2 Å². The summed E-state index contributed by atoms with van der Waals surface area (Å²) in [6.07, 6.45) is -2.72. The SMILES string of the molecule is CCCCOc1ccc(-c2ccc(-c3ccc(OCCCC)cc3)c(OCCOCCOCCOCCON(C[C@H](O)[C@@H](O)[C@H](O)[C@H](O)CO)C(C)=O)c2)cc1. The van der Waals surface area contributed by atoms with Gasteiger partial charge in [0.25, 0.3) is 0 Å². The van der Waals surface area contributed by atoms with Gasteiger partial charge in [-0.05, 0) is 59.9 Å². The number of hydrogen-bond acceptors (Lipinski definition) is 13. The summed E-state index contributed by atoms with van der Waals surface area (Å²) in [6, 6.07) is 22.3. The van der Waals surface area contributed by atoms with Gasteiger partial charge >= 0.3 is 0 Å². The molecule has 0 aliphatic carbocycles. The second-order valence-corrected chi connectivity index (χ2v) is 13.1. The second-order valence-electron chi connectivity index (χ2n) is 13.1. The highest BCUT2D eigenvalue weighted by atomic mass is 16.7. The Labute approximate surface area is 330 Å². The summed E-state index contributed by atoms with van der Waals surface area (Å²) >= 11 is 0. The zero-order chi connectivity index (χ0) is 40.5. The highest BCUT2D eigenvalue weighted by Gasteiger charge is 2.32. The van der Waals surface area contributed by atoms with Crippen molar-refractivity contribution in [3.05, 3.63) is 66.7 Å². The van der Waals surface area contributed by atoms with Crippen LogP contribution in [0.1, 0.15) is 46.5 Å². The zero-order valence-corrected chi connectivity index (χ0v) is 32.9. The summed E-state index contributed by atoms with van der Waals surface area (Å²) in [6.45, 7) is 7.63. The van der Waals surface area contributed by atoms with Crippen molar-refractivity contribution >= 4 is 5.91 Å². The van der Waals surface area contributed by atoms with Crippen LogP contribution in [-0.4, -0.2) is 140 Å². The van der Waals surface area contributed by atoms with E-state index in [1.165, 1.54) is 6.92 Å². The first-order valence-electron chi connectivity index (χ1n) is 19.4. The van der Waals surface area contributed by atoms with Crippen molar-refractivity contribution < 1.29 is 63.6 Å². The number of nitrogens with zero attached hydrogens (tertiary/aromatic N) is 1. The molecule has 14 heteroatoms. The zero-order valence-electron chi connectivity index (χ0n) is 32.9. The third-order valence-electron chi connectivity index (χ3n) is 8.60. The molecule has 3 aromatic carbocycles. The molecule has 56 heavy (non-hydrogen) atoms. The minimum atomic E-state index is -1.81. The number of aliphatic hydroxyl groups is 5. The van der Waals surface area contributed by atoms with Gasteiger partial charge in [-0.1, -0.05) is 63.1 Å². The van der Waals surface area contributed by atoms with E-state index >= 15 is 0 Å². The number of amides is 1. The van der Waals surface area contributed by atoms with Crippen molar-refractivity contribution in [2.75, 3.05) is 79.2 Å². The van der Waals surface area contributed by atoms with Crippen LogP contribution in [0.4, 0.5) is 0 Å². The molecule has 0 spiro atoms. The third kappa shape index (κ3) is 16.7. The minimum Gasteiger partial charge on any atom is -0.494 e. The van der Waals surface area contributed by atoms with Crippen LogP contribution in [0, 0.1) is 0 Å². The molecule has 312 valence electrons. The summed E-state index contributed by atoms with van der Waals surface area (Å²) in [5.41, 5.74) is 4.05. The van der Waals surface area contributed by atoms with Gasteiger partial charge < -0.3 is 54.0 Å². The first kappa shape index (κ1) is 46.6. The van der Waals surface area contributed by atoms with Crippen molar-refractivity contribution in [2.45, 2.75) is 70.9 Å². The molecule has 0 aliphatic heterocycles. The number of hydroxylamine groups is 2. The molecule has 0 heterocycles. The first-order valence-corrected chi connectivity index (χ1v) is 19.4. The lowest BCUT2D eigenvalue weighted by atomic mass is 9.99. The molecule has 0 fully saturated rings. The van der Waals surface area contributed by atoms with E-state index in [9.17, 15) is 25.2 Å². The Morgan fingerprint density at radius 3 is 1.59 bits per heavy atom. The number of ether oxygens (including phenoxy) is 6. The van der Waals surface area contributed by atoms with Gasteiger partial charge in [-0.15, -0.1) is 0 Å². The van der Waals surface area contributed by atoms with E-state index in [1.807, 2.05) is 42.5 Å². The lowest BCUT2D eigenvalue weighted by molar-refractivity contribution is -0.204. The maximum Gasteiger partial charge on any atom is 0.243 e. The standard InChI is InChI=1S/C42H61NO13/c1-4-6-18-53-35-13-8-32(9-14-35)34-12-17-37(33-10-15-36(16-11-33)54-19-7-5-2)40(28-34)55-26-24-51-22-20-50-21-23-52-25-27-56-43(31(3)45)29-38(46)41(48)42(49)39(47)30-44/h8-17,28,38-39,41-42,44,46-49H,4-7,18-27,29-30H2,1-3H3/t38-,39+,41+,42+/m0/s1. The predicted molar refractivity (Wildman–Crippen MR) is 211 cm³/mol. The molecule has 0 aromatic heterocycles. The highest BCUT2D eigenvalue weighted by Crippen LogP contribution is 2.35. The van der Waals surface area contributed by atoms with Crippen molar-refractivity contribution in [1.82, 2.24) is 5.06 Å². The average molecular weight is 788 g/mol. The highest BCUT2D eigenvalue weighted by molar-refractivity contribution is 5.77. The van der Waals surface area contributed by atoms with Crippen molar-refractivity contribution in [2.24, 2.45) is 0 Å². The first-order chi connectivity index (χ1) is 27.2. The van der Waals surface area contributed by atoms with E-state index in [-0.39, 0.29) is 19.8 Å². The molecule has 0 aliphatic rings. The van der Waals surface area contributed by atoms with Crippen molar-refractivity contribution in [3.63, 3.8) is 0 Å². The number of rotatable bonds is 30. The van der Waals surface area contributed by atoms with Crippen LogP contribution in [0.3, 0.4) is 0 Å². The summed E-state index contributed by atoms with van der Waals surface area (Å²) in [5.74, 6) is 1.87.